The van der Waals surface area contributed by atoms with Gasteiger partial charge in [-0.15, -0.1) is 0 Å². The van der Waals surface area contributed by atoms with Gasteiger partial charge in [-0.05, 0) is 18.6 Å². The summed E-state index contributed by atoms with van der Waals surface area (Å²) in [5, 5.41) is 2.66. The number of nitrogens with one attached hydrogen (secondary N) is 1. The van der Waals surface area contributed by atoms with Gasteiger partial charge in [0, 0.05) is 25.3 Å². The number of ether oxygens (including phenoxy) is 1. The number of carbonyl (C=O) groups excluding carboxylic acids is 1. The third kappa shape index (κ3) is 3.66. The van der Waals surface area contributed by atoms with Gasteiger partial charge >= 0.3 is 6.18 Å². The molecule has 0 aromatic carbocycles. The average molecular weight is 274 g/mol. The van der Waals surface area contributed by atoms with Crippen LogP contribution in [0.4, 0.5) is 13.2 Å². The molecule has 0 saturated carbocycles. The van der Waals surface area contributed by atoms with Crippen molar-refractivity contribution in [3.8, 4) is 0 Å². The molecule has 0 spiro atoms. The van der Waals surface area contributed by atoms with Gasteiger partial charge in [0.25, 0.3) is 5.91 Å². The molecule has 0 aliphatic carbocycles. The summed E-state index contributed by atoms with van der Waals surface area (Å²) < 4.78 is 42.0. The summed E-state index contributed by atoms with van der Waals surface area (Å²) in [6, 6.07) is 1.92. The molecule has 0 bridgehead atoms. The molecule has 1 fully saturated rings. The zero-order chi connectivity index (χ0) is 13.9. The Morgan fingerprint density at radius 3 is 2.79 bits per heavy atom. The first-order valence-corrected chi connectivity index (χ1v) is 5.86. The van der Waals surface area contributed by atoms with Gasteiger partial charge in [0.1, 0.15) is 5.69 Å². The number of alkyl halides is 3. The van der Waals surface area contributed by atoms with Crippen molar-refractivity contribution in [2.45, 2.75) is 12.6 Å². The lowest BCUT2D eigenvalue weighted by molar-refractivity contribution is -0.141. The second kappa shape index (κ2) is 5.56. The van der Waals surface area contributed by atoms with Crippen LogP contribution in [-0.4, -0.2) is 30.6 Å². The lowest BCUT2D eigenvalue weighted by atomic mass is 10.1. The molecule has 1 N–H and O–H groups in total. The number of rotatable bonds is 3. The molecule has 104 valence electrons. The SMILES string of the molecule is O=C(NC[C@@H]1CCOC1)c1ccc(C(F)(F)F)nc1. The Hall–Kier alpha value is -1.63. The Labute approximate surface area is 108 Å². The van der Waals surface area contributed by atoms with Crippen LogP contribution >= 0.6 is 0 Å². The fourth-order valence-corrected chi connectivity index (χ4v) is 1.78. The van der Waals surface area contributed by atoms with Gasteiger partial charge < -0.3 is 10.1 Å². The molecule has 19 heavy (non-hydrogen) atoms. The quantitative estimate of drug-likeness (QED) is 0.915. The third-order valence-corrected chi connectivity index (χ3v) is 2.89. The maximum atomic E-state index is 12.3. The number of aromatic nitrogens is 1. The van der Waals surface area contributed by atoms with Crippen LogP contribution in [0.15, 0.2) is 18.3 Å². The van der Waals surface area contributed by atoms with Crippen LogP contribution in [0, 0.1) is 5.92 Å². The van der Waals surface area contributed by atoms with Crippen molar-refractivity contribution in [1.29, 1.82) is 0 Å². The molecule has 1 aromatic rings. The Kier molecular flexibility index (Phi) is 4.04. The van der Waals surface area contributed by atoms with E-state index >= 15 is 0 Å². The van der Waals surface area contributed by atoms with Gasteiger partial charge in [-0.1, -0.05) is 0 Å². The van der Waals surface area contributed by atoms with Crippen LogP contribution in [0.1, 0.15) is 22.5 Å². The van der Waals surface area contributed by atoms with Gasteiger partial charge in [0.2, 0.25) is 0 Å². The molecule has 1 amide bonds. The van der Waals surface area contributed by atoms with Crippen molar-refractivity contribution in [1.82, 2.24) is 10.3 Å². The molecule has 0 unspecified atom stereocenters. The van der Waals surface area contributed by atoms with Crippen LogP contribution in [0.2, 0.25) is 0 Å². The highest BCUT2D eigenvalue weighted by atomic mass is 19.4. The Bertz CT molecular complexity index is 439. The van der Waals surface area contributed by atoms with Crippen LogP contribution in [0.25, 0.3) is 0 Å². The highest BCUT2D eigenvalue weighted by Crippen LogP contribution is 2.27. The number of hydrogen-bond donors (Lipinski definition) is 1. The van der Waals surface area contributed by atoms with Crippen molar-refractivity contribution in [3.05, 3.63) is 29.6 Å². The summed E-state index contributed by atoms with van der Waals surface area (Å²) >= 11 is 0. The van der Waals surface area contributed by atoms with Crippen molar-refractivity contribution < 1.29 is 22.7 Å². The minimum atomic E-state index is -4.49. The van der Waals surface area contributed by atoms with Crippen molar-refractivity contribution in [2.75, 3.05) is 19.8 Å². The molecule has 7 heteroatoms. The second-order valence-corrected chi connectivity index (χ2v) is 4.37. The standard InChI is InChI=1S/C12H13F3N2O2/c13-12(14,15)10-2-1-9(6-16-10)11(18)17-5-8-3-4-19-7-8/h1-2,6,8H,3-5,7H2,(H,17,18)/t8-/m0/s1. The molecule has 2 heterocycles. The van der Waals surface area contributed by atoms with Crippen molar-refractivity contribution >= 4 is 5.91 Å². The van der Waals surface area contributed by atoms with E-state index in [0.29, 0.717) is 19.8 Å². The molecule has 1 saturated heterocycles. The van der Waals surface area contributed by atoms with E-state index in [0.717, 1.165) is 24.8 Å². The predicted molar refractivity (Wildman–Crippen MR) is 60.5 cm³/mol. The van der Waals surface area contributed by atoms with Gasteiger partial charge in [-0.25, -0.2) is 0 Å². The Morgan fingerprint density at radius 1 is 1.47 bits per heavy atom. The van der Waals surface area contributed by atoms with Crippen LogP contribution < -0.4 is 5.32 Å². The molecular weight excluding hydrogens is 261 g/mol. The second-order valence-electron chi connectivity index (χ2n) is 4.37. The van der Waals surface area contributed by atoms with E-state index in [1.54, 1.807) is 0 Å². The van der Waals surface area contributed by atoms with Crippen molar-refractivity contribution in [3.63, 3.8) is 0 Å². The van der Waals surface area contributed by atoms with E-state index in [4.69, 9.17) is 4.74 Å². The van der Waals surface area contributed by atoms with Gasteiger partial charge in [0.05, 0.1) is 12.2 Å². The van der Waals surface area contributed by atoms with Crippen LogP contribution in [0.3, 0.4) is 0 Å². The molecule has 4 nitrogen and oxygen atoms in total. The topological polar surface area (TPSA) is 51.2 Å². The van der Waals surface area contributed by atoms with E-state index in [9.17, 15) is 18.0 Å². The minimum absolute atomic E-state index is 0.118. The lowest BCUT2D eigenvalue weighted by Gasteiger charge is -2.10. The van der Waals surface area contributed by atoms with E-state index < -0.39 is 17.8 Å². The number of nitrogens with zero attached hydrogens (tertiary/aromatic N) is 1. The summed E-state index contributed by atoms with van der Waals surface area (Å²) in [5.41, 5.74) is -0.889. The van der Waals surface area contributed by atoms with Gasteiger partial charge in [-0.3, -0.25) is 9.78 Å². The van der Waals surface area contributed by atoms with Gasteiger partial charge in [0.15, 0.2) is 0 Å². The highest BCUT2D eigenvalue weighted by molar-refractivity contribution is 5.93. The van der Waals surface area contributed by atoms with Gasteiger partial charge in [-0.2, -0.15) is 13.2 Å². The zero-order valence-corrected chi connectivity index (χ0v) is 10.0. The normalized spacial score (nSPS) is 19.4. The summed E-state index contributed by atoms with van der Waals surface area (Å²) in [4.78, 5) is 14.9. The first-order chi connectivity index (χ1) is 8.97. The molecule has 1 atom stereocenters. The minimum Gasteiger partial charge on any atom is -0.381 e. The van der Waals surface area contributed by atoms with E-state index in [-0.39, 0.29) is 11.5 Å². The summed E-state index contributed by atoms with van der Waals surface area (Å²) in [7, 11) is 0. The number of pyridine rings is 1. The molecule has 1 aromatic heterocycles. The number of amides is 1. The van der Waals surface area contributed by atoms with Crippen molar-refractivity contribution in [2.24, 2.45) is 5.92 Å². The molecule has 0 radical (unpaired) electrons. The Balaban J connectivity index is 1.92. The summed E-state index contributed by atoms with van der Waals surface area (Å²) in [6.07, 6.45) is -2.68. The fourth-order valence-electron chi connectivity index (χ4n) is 1.78. The monoisotopic (exact) mass is 274 g/mol. The van der Waals surface area contributed by atoms with E-state index in [1.807, 2.05) is 0 Å². The predicted octanol–water partition coefficient (Wildman–Crippen LogP) is 1.87. The molecular formula is C12H13F3N2O2. The number of halogens is 3. The molecule has 1 aliphatic heterocycles. The number of hydrogen-bond acceptors (Lipinski definition) is 3. The van der Waals surface area contributed by atoms with E-state index in [2.05, 4.69) is 10.3 Å². The smallest absolute Gasteiger partial charge is 0.381 e. The third-order valence-electron chi connectivity index (χ3n) is 2.89. The summed E-state index contributed by atoms with van der Waals surface area (Å²) in [5.74, 6) is -0.153. The largest absolute Gasteiger partial charge is 0.433 e. The maximum Gasteiger partial charge on any atom is 0.433 e. The first-order valence-electron chi connectivity index (χ1n) is 5.86. The number of carbonyl (C=O) groups is 1. The van der Waals surface area contributed by atoms with Crippen LogP contribution in [0.5, 0.6) is 0 Å². The average Bonchev–Trinajstić information content (AvgIpc) is 2.88. The lowest BCUT2D eigenvalue weighted by Crippen LogP contribution is -2.29. The van der Waals surface area contributed by atoms with E-state index in [1.165, 1.54) is 0 Å². The molecule has 1 aliphatic rings. The zero-order valence-electron chi connectivity index (χ0n) is 10.0. The highest BCUT2D eigenvalue weighted by Gasteiger charge is 2.32. The summed E-state index contributed by atoms with van der Waals surface area (Å²) in [6.45, 7) is 1.74. The first kappa shape index (κ1) is 13.8. The fraction of sp³-hybridized carbons (Fsp3) is 0.500. The molecule has 2 rings (SSSR count). The maximum absolute atomic E-state index is 12.3. The Morgan fingerprint density at radius 2 is 2.26 bits per heavy atom. The van der Waals surface area contributed by atoms with Crippen LogP contribution in [-0.2, 0) is 10.9 Å².